The number of hydrogen-bond acceptors (Lipinski definition) is 3. The smallest absolute Gasteiger partial charge is 0.105 e. The fourth-order valence-electron chi connectivity index (χ4n) is 3.21. The summed E-state index contributed by atoms with van der Waals surface area (Å²) in [6.07, 6.45) is 3.81. The largest absolute Gasteiger partial charge is 0.398 e. The molecule has 17 heavy (non-hydrogen) atoms. The van der Waals surface area contributed by atoms with E-state index < -0.39 is 0 Å². The summed E-state index contributed by atoms with van der Waals surface area (Å²) < 4.78 is 0.882. The van der Waals surface area contributed by atoms with Gasteiger partial charge in [0.15, 0.2) is 0 Å². The summed E-state index contributed by atoms with van der Waals surface area (Å²) in [5, 5.41) is 0. The van der Waals surface area contributed by atoms with Crippen molar-refractivity contribution in [2.75, 3.05) is 5.73 Å². The van der Waals surface area contributed by atoms with Gasteiger partial charge in [-0.25, -0.2) is 9.97 Å². The van der Waals surface area contributed by atoms with E-state index in [0.29, 0.717) is 11.8 Å². The maximum atomic E-state index is 5.89. The highest BCUT2D eigenvalue weighted by Crippen LogP contribution is 2.52. The zero-order valence-electron chi connectivity index (χ0n) is 9.28. The van der Waals surface area contributed by atoms with E-state index in [1.807, 2.05) is 12.1 Å². The molecule has 2 atom stereocenters. The molecule has 1 fully saturated rings. The maximum Gasteiger partial charge on any atom is 0.105 e. The van der Waals surface area contributed by atoms with E-state index in [9.17, 15) is 0 Å². The Morgan fingerprint density at radius 1 is 1.12 bits per heavy atom. The second-order valence-electron chi connectivity index (χ2n) is 5.04. The summed E-state index contributed by atoms with van der Waals surface area (Å²) in [6, 6.07) is 3.86. The van der Waals surface area contributed by atoms with Gasteiger partial charge in [-0.15, -0.1) is 0 Å². The number of anilines is 1. The Bertz CT molecular complexity index is 638. The maximum absolute atomic E-state index is 5.89. The molecule has 3 nitrogen and oxygen atoms in total. The van der Waals surface area contributed by atoms with Crippen LogP contribution in [-0.2, 0) is 0 Å². The number of rotatable bonds is 0. The molecule has 2 unspecified atom stereocenters. The molecule has 2 aromatic rings. The van der Waals surface area contributed by atoms with E-state index in [1.165, 1.54) is 30.7 Å². The van der Waals surface area contributed by atoms with Gasteiger partial charge in [0.25, 0.3) is 0 Å². The van der Waals surface area contributed by atoms with E-state index in [0.717, 1.165) is 21.2 Å². The minimum atomic E-state index is 0.639. The average molecular weight is 290 g/mol. The van der Waals surface area contributed by atoms with Crippen molar-refractivity contribution in [2.45, 2.75) is 31.1 Å². The van der Waals surface area contributed by atoms with E-state index >= 15 is 0 Å². The van der Waals surface area contributed by atoms with Crippen LogP contribution >= 0.6 is 15.9 Å². The van der Waals surface area contributed by atoms with Crippen LogP contribution in [0.15, 0.2) is 16.6 Å². The fourth-order valence-corrected chi connectivity index (χ4v) is 3.63. The van der Waals surface area contributed by atoms with Gasteiger partial charge in [-0.05, 0) is 47.3 Å². The summed E-state index contributed by atoms with van der Waals surface area (Å²) in [6.45, 7) is 0. The van der Waals surface area contributed by atoms with Crippen LogP contribution in [0.5, 0.6) is 0 Å². The highest BCUT2D eigenvalue weighted by atomic mass is 79.9. The van der Waals surface area contributed by atoms with Crippen LogP contribution in [0.1, 0.15) is 42.5 Å². The lowest BCUT2D eigenvalue weighted by Gasteiger charge is -2.14. The van der Waals surface area contributed by atoms with Crippen LogP contribution in [0.2, 0.25) is 0 Å². The third-order valence-corrected chi connectivity index (χ3v) is 4.90. The van der Waals surface area contributed by atoms with Crippen molar-refractivity contribution < 1.29 is 0 Å². The second-order valence-corrected chi connectivity index (χ2v) is 5.83. The fraction of sp³-hybridized carbons (Fsp3) is 0.385. The third kappa shape index (κ3) is 1.22. The molecule has 0 spiro atoms. The lowest BCUT2D eigenvalue weighted by Crippen LogP contribution is -2.05. The lowest BCUT2D eigenvalue weighted by atomic mass is 10.0. The number of halogens is 1. The van der Waals surface area contributed by atoms with Gasteiger partial charge in [-0.1, -0.05) is 0 Å². The molecule has 0 radical (unpaired) electrons. The van der Waals surface area contributed by atoms with Gasteiger partial charge in [0.2, 0.25) is 0 Å². The summed E-state index contributed by atoms with van der Waals surface area (Å²) in [7, 11) is 0. The molecule has 1 aromatic carbocycles. The van der Waals surface area contributed by atoms with Gasteiger partial charge in [0, 0.05) is 17.5 Å². The van der Waals surface area contributed by atoms with Crippen molar-refractivity contribution in [1.82, 2.24) is 9.97 Å². The number of nitrogens with two attached hydrogens (primary N) is 1. The SMILES string of the molecule is Nc1ccc2nc3c(nc2c1Br)C1CCC3C1. The molecule has 4 rings (SSSR count). The summed E-state index contributed by atoms with van der Waals surface area (Å²) in [5.41, 5.74) is 11.0. The van der Waals surface area contributed by atoms with Crippen molar-refractivity contribution in [3.05, 3.63) is 28.0 Å². The molecule has 0 amide bonds. The number of nitrogen functional groups attached to an aromatic ring is 1. The highest BCUT2D eigenvalue weighted by molar-refractivity contribution is 9.10. The monoisotopic (exact) mass is 289 g/mol. The molecular weight excluding hydrogens is 278 g/mol. The first-order valence-electron chi connectivity index (χ1n) is 5.99. The standard InChI is InChI=1S/C13H12BrN3/c14-10-8(15)3-4-9-13(10)17-12-7-2-1-6(5-7)11(12)16-9/h3-4,6-7H,1-2,5,15H2. The predicted molar refractivity (Wildman–Crippen MR) is 71.0 cm³/mol. The van der Waals surface area contributed by atoms with Crippen molar-refractivity contribution >= 4 is 32.7 Å². The van der Waals surface area contributed by atoms with Gasteiger partial charge >= 0.3 is 0 Å². The Kier molecular flexibility index (Phi) is 1.85. The molecule has 2 aliphatic carbocycles. The predicted octanol–water partition coefficient (Wildman–Crippen LogP) is 3.34. The first kappa shape index (κ1) is 9.83. The zero-order chi connectivity index (χ0) is 11.6. The normalized spacial score (nSPS) is 25.5. The zero-order valence-corrected chi connectivity index (χ0v) is 10.9. The molecule has 86 valence electrons. The van der Waals surface area contributed by atoms with E-state index in [2.05, 4.69) is 15.9 Å². The van der Waals surface area contributed by atoms with E-state index in [1.54, 1.807) is 0 Å². The van der Waals surface area contributed by atoms with Crippen LogP contribution < -0.4 is 5.73 Å². The minimum Gasteiger partial charge on any atom is -0.398 e. The first-order chi connectivity index (χ1) is 8.24. The van der Waals surface area contributed by atoms with Crippen LogP contribution in [0.4, 0.5) is 5.69 Å². The Morgan fingerprint density at radius 3 is 2.59 bits per heavy atom. The summed E-state index contributed by atoms with van der Waals surface area (Å²) in [4.78, 5) is 9.60. The quantitative estimate of drug-likeness (QED) is 0.757. The topological polar surface area (TPSA) is 51.8 Å². The molecule has 1 heterocycles. The summed E-state index contributed by atoms with van der Waals surface area (Å²) >= 11 is 3.51. The van der Waals surface area contributed by atoms with Crippen LogP contribution in [-0.4, -0.2) is 9.97 Å². The molecule has 0 aliphatic heterocycles. The number of hydrogen-bond donors (Lipinski definition) is 1. The molecule has 2 aliphatic rings. The first-order valence-corrected chi connectivity index (χ1v) is 6.79. The van der Waals surface area contributed by atoms with Crippen LogP contribution in [0, 0.1) is 0 Å². The van der Waals surface area contributed by atoms with Crippen LogP contribution in [0.3, 0.4) is 0 Å². The number of aromatic nitrogens is 2. The molecule has 2 N–H and O–H groups in total. The van der Waals surface area contributed by atoms with Gasteiger partial charge in [0.1, 0.15) is 5.52 Å². The van der Waals surface area contributed by atoms with Gasteiger partial charge in [-0.2, -0.15) is 0 Å². The van der Waals surface area contributed by atoms with E-state index in [4.69, 9.17) is 15.7 Å². The van der Waals surface area contributed by atoms with Crippen molar-refractivity contribution in [1.29, 1.82) is 0 Å². The number of fused-ring (bicyclic) bond motifs is 6. The van der Waals surface area contributed by atoms with Gasteiger partial charge in [0.05, 0.1) is 21.4 Å². The van der Waals surface area contributed by atoms with Crippen LogP contribution in [0.25, 0.3) is 11.0 Å². The number of nitrogens with zero attached hydrogens (tertiary/aromatic N) is 2. The Hall–Kier alpha value is -1.16. The minimum absolute atomic E-state index is 0.639. The average Bonchev–Trinajstić information content (AvgIpc) is 2.94. The molecular formula is C13H12BrN3. The lowest BCUT2D eigenvalue weighted by molar-refractivity contribution is 0.685. The molecule has 1 aromatic heterocycles. The van der Waals surface area contributed by atoms with Crippen molar-refractivity contribution in [2.24, 2.45) is 0 Å². The Balaban J connectivity index is 2.07. The van der Waals surface area contributed by atoms with Crippen molar-refractivity contribution in [3.63, 3.8) is 0 Å². The molecule has 2 bridgehead atoms. The van der Waals surface area contributed by atoms with Gasteiger partial charge < -0.3 is 5.73 Å². The Labute approximate surface area is 108 Å². The van der Waals surface area contributed by atoms with E-state index in [-0.39, 0.29) is 0 Å². The number of benzene rings is 1. The van der Waals surface area contributed by atoms with Crippen molar-refractivity contribution in [3.8, 4) is 0 Å². The second kappa shape index (κ2) is 3.19. The molecule has 1 saturated carbocycles. The van der Waals surface area contributed by atoms with Gasteiger partial charge in [-0.3, -0.25) is 0 Å². The Morgan fingerprint density at radius 2 is 1.82 bits per heavy atom. The summed E-state index contributed by atoms with van der Waals surface area (Å²) in [5.74, 6) is 1.29. The third-order valence-electron chi connectivity index (χ3n) is 4.07. The molecule has 4 heteroatoms. The highest BCUT2D eigenvalue weighted by Gasteiger charge is 2.39. The molecule has 0 saturated heterocycles.